The summed E-state index contributed by atoms with van der Waals surface area (Å²) in [6, 6.07) is 12.4. The fraction of sp³-hybridized carbons (Fsp3) is 0.450. The van der Waals surface area contributed by atoms with Gasteiger partial charge in [0, 0.05) is 37.6 Å². The zero-order valence-electron chi connectivity index (χ0n) is 15.5. The normalized spacial score (nSPS) is 17.0. The smallest absolute Gasteiger partial charge is 0.234 e. The largest absolute Gasteiger partial charge is 0.497 e. The molecule has 5 nitrogen and oxygen atoms in total. The summed E-state index contributed by atoms with van der Waals surface area (Å²) in [5.74, 6) is 0.996. The summed E-state index contributed by atoms with van der Waals surface area (Å²) in [4.78, 5) is 18.1. The first-order valence-corrected chi connectivity index (χ1v) is 9.92. The Morgan fingerprint density at radius 2 is 1.85 bits per heavy atom. The van der Waals surface area contributed by atoms with Crippen molar-refractivity contribution in [3.8, 4) is 5.75 Å². The minimum absolute atomic E-state index is 0.0823. The van der Waals surface area contributed by atoms with Gasteiger partial charge in [-0.1, -0.05) is 18.2 Å². The minimum atomic E-state index is 0.0823. The maximum Gasteiger partial charge on any atom is 0.234 e. The van der Waals surface area contributed by atoms with Crippen LogP contribution >= 0.6 is 11.3 Å². The standard InChI is InChI=1S/C20H27N3O2S/c1-16(19-4-3-13-26-19)21-20(24)15-23-11-9-22(10-12-23)14-17-5-7-18(25-2)8-6-17/h3-8,13,16H,9-12,14-15H2,1-2H3,(H,21,24)/t16-/m1/s1. The number of benzene rings is 1. The predicted molar refractivity (Wildman–Crippen MR) is 106 cm³/mol. The molecule has 0 spiro atoms. The first-order chi connectivity index (χ1) is 12.6. The van der Waals surface area contributed by atoms with E-state index in [0.29, 0.717) is 6.54 Å². The molecule has 1 fully saturated rings. The van der Waals surface area contributed by atoms with Gasteiger partial charge in [0.2, 0.25) is 5.91 Å². The molecule has 1 aliphatic rings. The number of hydrogen-bond acceptors (Lipinski definition) is 5. The van der Waals surface area contributed by atoms with E-state index in [0.717, 1.165) is 38.5 Å². The SMILES string of the molecule is COc1ccc(CN2CCN(CC(=O)N[C@H](C)c3cccs3)CC2)cc1. The zero-order valence-corrected chi connectivity index (χ0v) is 16.3. The Morgan fingerprint density at radius 3 is 2.46 bits per heavy atom. The Balaban J connectivity index is 1.39. The molecule has 3 rings (SSSR count). The maximum absolute atomic E-state index is 12.3. The van der Waals surface area contributed by atoms with Crippen molar-refractivity contribution in [3.63, 3.8) is 0 Å². The summed E-state index contributed by atoms with van der Waals surface area (Å²) in [6.07, 6.45) is 0. The second-order valence-electron chi connectivity index (χ2n) is 6.70. The van der Waals surface area contributed by atoms with E-state index in [-0.39, 0.29) is 11.9 Å². The van der Waals surface area contributed by atoms with E-state index in [4.69, 9.17) is 4.74 Å². The molecule has 1 saturated heterocycles. The van der Waals surface area contributed by atoms with E-state index in [1.54, 1.807) is 18.4 Å². The fourth-order valence-electron chi connectivity index (χ4n) is 3.19. The van der Waals surface area contributed by atoms with E-state index >= 15 is 0 Å². The second kappa shape index (κ2) is 9.16. The van der Waals surface area contributed by atoms with Gasteiger partial charge in [0.05, 0.1) is 19.7 Å². The van der Waals surface area contributed by atoms with Gasteiger partial charge in [0.25, 0.3) is 0 Å². The number of ether oxygens (including phenoxy) is 1. The number of nitrogens with one attached hydrogen (secondary N) is 1. The van der Waals surface area contributed by atoms with Gasteiger partial charge in [-0.05, 0) is 36.1 Å². The van der Waals surface area contributed by atoms with Crippen molar-refractivity contribution in [2.45, 2.75) is 19.5 Å². The quantitative estimate of drug-likeness (QED) is 0.811. The van der Waals surface area contributed by atoms with Gasteiger partial charge >= 0.3 is 0 Å². The molecular weight excluding hydrogens is 346 g/mol. The molecule has 0 aliphatic carbocycles. The number of piperazine rings is 1. The van der Waals surface area contributed by atoms with Crippen molar-refractivity contribution < 1.29 is 9.53 Å². The number of nitrogens with zero attached hydrogens (tertiary/aromatic N) is 2. The fourth-order valence-corrected chi connectivity index (χ4v) is 3.93. The Kier molecular flexibility index (Phi) is 6.66. The van der Waals surface area contributed by atoms with Crippen LogP contribution in [0.4, 0.5) is 0 Å². The molecule has 0 bridgehead atoms. The minimum Gasteiger partial charge on any atom is -0.497 e. The first-order valence-electron chi connectivity index (χ1n) is 9.04. The van der Waals surface area contributed by atoms with Crippen LogP contribution in [0, 0.1) is 0 Å². The van der Waals surface area contributed by atoms with Crippen LogP contribution < -0.4 is 10.1 Å². The Labute approximate surface area is 159 Å². The lowest BCUT2D eigenvalue weighted by Gasteiger charge is -2.34. The van der Waals surface area contributed by atoms with Gasteiger partial charge in [0.1, 0.15) is 5.75 Å². The lowest BCUT2D eigenvalue weighted by atomic mass is 10.2. The predicted octanol–water partition coefficient (Wildman–Crippen LogP) is 2.75. The van der Waals surface area contributed by atoms with Gasteiger partial charge in [-0.3, -0.25) is 14.6 Å². The van der Waals surface area contributed by atoms with Crippen LogP contribution in [0.1, 0.15) is 23.4 Å². The van der Waals surface area contributed by atoms with E-state index < -0.39 is 0 Å². The molecule has 0 saturated carbocycles. The summed E-state index contributed by atoms with van der Waals surface area (Å²) in [5, 5.41) is 5.14. The molecule has 1 aliphatic heterocycles. The Morgan fingerprint density at radius 1 is 1.15 bits per heavy atom. The highest BCUT2D eigenvalue weighted by molar-refractivity contribution is 7.10. The van der Waals surface area contributed by atoms with Crippen LogP contribution in [0.3, 0.4) is 0 Å². The molecule has 140 valence electrons. The highest BCUT2D eigenvalue weighted by Crippen LogP contribution is 2.18. The molecular formula is C20H27N3O2S. The molecule has 6 heteroatoms. The molecule has 1 aromatic carbocycles. The van der Waals surface area contributed by atoms with Crippen molar-refractivity contribution in [1.82, 2.24) is 15.1 Å². The number of hydrogen-bond donors (Lipinski definition) is 1. The molecule has 1 atom stereocenters. The average Bonchev–Trinajstić information content (AvgIpc) is 3.19. The molecule has 1 N–H and O–H groups in total. The second-order valence-corrected chi connectivity index (χ2v) is 7.68. The number of rotatable bonds is 7. The van der Waals surface area contributed by atoms with Crippen LogP contribution in [-0.2, 0) is 11.3 Å². The zero-order chi connectivity index (χ0) is 18.4. The molecule has 2 heterocycles. The average molecular weight is 374 g/mol. The van der Waals surface area contributed by atoms with Crippen molar-refractivity contribution in [3.05, 3.63) is 52.2 Å². The monoisotopic (exact) mass is 373 g/mol. The molecule has 1 amide bonds. The molecule has 1 aromatic heterocycles. The summed E-state index contributed by atoms with van der Waals surface area (Å²) < 4.78 is 5.20. The van der Waals surface area contributed by atoms with Crippen LogP contribution in [0.25, 0.3) is 0 Å². The molecule has 2 aromatic rings. The number of carbonyl (C=O) groups excluding carboxylic acids is 1. The highest BCUT2D eigenvalue weighted by Gasteiger charge is 2.20. The van der Waals surface area contributed by atoms with E-state index in [1.807, 2.05) is 30.5 Å². The van der Waals surface area contributed by atoms with Gasteiger partial charge < -0.3 is 10.1 Å². The third-order valence-electron chi connectivity index (χ3n) is 4.74. The van der Waals surface area contributed by atoms with Crippen molar-refractivity contribution in [2.75, 3.05) is 39.8 Å². The summed E-state index contributed by atoms with van der Waals surface area (Å²) in [5.41, 5.74) is 1.29. The maximum atomic E-state index is 12.3. The van der Waals surface area contributed by atoms with Gasteiger partial charge in [-0.15, -0.1) is 11.3 Å². The number of methoxy groups -OCH3 is 1. The summed E-state index contributed by atoms with van der Waals surface area (Å²) >= 11 is 1.68. The van der Waals surface area contributed by atoms with E-state index in [1.165, 1.54) is 10.4 Å². The van der Waals surface area contributed by atoms with Crippen molar-refractivity contribution in [2.24, 2.45) is 0 Å². The van der Waals surface area contributed by atoms with Crippen LogP contribution in [0.2, 0.25) is 0 Å². The van der Waals surface area contributed by atoms with Crippen LogP contribution in [0.15, 0.2) is 41.8 Å². The van der Waals surface area contributed by atoms with Gasteiger partial charge in [-0.25, -0.2) is 0 Å². The lowest BCUT2D eigenvalue weighted by Crippen LogP contribution is -2.49. The number of carbonyl (C=O) groups is 1. The van der Waals surface area contributed by atoms with Crippen molar-refractivity contribution >= 4 is 17.2 Å². The molecule has 0 radical (unpaired) electrons. The van der Waals surface area contributed by atoms with Crippen LogP contribution in [0.5, 0.6) is 5.75 Å². The van der Waals surface area contributed by atoms with Crippen molar-refractivity contribution in [1.29, 1.82) is 0 Å². The number of amides is 1. The highest BCUT2D eigenvalue weighted by atomic mass is 32.1. The van der Waals surface area contributed by atoms with E-state index in [2.05, 4.69) is 33.3 Å². The van der Waals surface area contributed by atoms with Gasteiger partial charge in [-0.2, -0.15) is 0 Å². The first kappa shape index (κ1) is 18.9. The van der Waals surface area contributed by atoms with Gasteiger partial charge in [0.15, 0.2) is 0 Å². The number of thiophene rings is 1. The van der Waals surface area contributed by atoms with Crippen LogP contribution in [-0.4, -0.2) is 55.5 Å². The third kappa shape index (κ3) is 5.30. The third-order valence-corrected chi connectivity index (χ3v) is 5.80. The molecule has 0 unspecified atom stereocenters. The topological polar surface area (TPSA) is 44.8 Å². The Hall–Kier alpha value is -1.89. The summed E-state index contributed by atoms with van der Waals surface area (Å²) in [6.45, 7) is 7.29. The van der Waals surface area contributed by atoms with E-state index in [9.17, 15) is 4.79 Å². The summed E-state index contributed by atoms with van der Waals surface area (Å²) in [7, 11) is 1.69. The molecule has 26 heavy (non-hydrogen) atoms. The lowest BCUT2D eigenvalue weighted by molar-refractivity contribution is -0.123. The Bertz CT molecular complexity index is 680.